The first-order chi connectivity index (χ1) is 9.04. The van der Waals surface area contributed by atoms with Crippen LogP contribution in [0.15, 0.2) is 17.5 Å². The van der Waals surface area contributed by atoms with E-state index >= 15 is 0 Å². The Bertz CT molecular complexity index is 458. The first-order valence-electron chi connectivity index (χ1n) is 6.69. The van der Waals surface area contributed by atoms with E-state index in [0.29, 0.717) is 6.42 Å². The van der Waals surface area contributed by atoms with Gasteiger partial charge in [-0.15, -0.1) is 11.3 Å². The molecule has 4 nitrogen and oxygen atoms in total. The molecule has 2 amide bonds. The quantitative estimate of drug-likeness (QED) is 0.914. The number of hydrogen-bond acceptors (Lipinski definition) is 3. The lowest BCUT2D eigenvalue weighted by atomic mass is 10.0. The number of nitrogens with one attached hydrogen (secondary N) is 1. The van der Waals surface area contributed by atoms with Crippen molar-refractivity contribution < 1.29 is 9.59 Å². The molecule has 2 heterocycles. The molecular weight excluding hydrogens is 260 g/mol. The van der Waals surface area contributed by atoms with E-state index in [1.54, 1.807) is 23.2 Å². The third kappa shape index (κ3) is 2.81. The molecule has 1 fully saturated rings. The number of nitrogens with zero attached hydrogens (tertiary/aromatic N) is 1. The number of carbonyl (C=O) groups is 2. The molecule has 0 aliphatic carbocycles. The lowest BCUT2D eigenvalue weighted by Crippen LogP contribution is -2.64. The van der Waals surface area contributed by atoms with E-state index in [9.17, 15) is 9.59 Å². The number of amides is 2. The van der Waals surface area contributed by atoms with Crippen molar-refractivity contribution in [2.24, 2.45) is 0 Å². The van der Waals surface area contributed by atoms with Gasteiger partial charge in [0.1, 0.15) is 12.1 Å². The summed E-state index contributed by atoms with van der Waals surface area (Å²) in [6.07, 6.45) is 1.44. The van der Waals surface area contributed by atoms with Crippen molar-refractivity contribution in [1.29, 1.82) is 0 Å². The fourth-order valence-electron chi connectivity index (χ4n) is 2.55. The molecule has 19 heavy (non-hydrogen) atoms. The van der Waals surface area contributed by atoms with E-state index in [1.807, 2.05) is 25.3 Å². The third-order valence-corrected chi connectivity index (χ3v) is 4.52. The standard InChI is InChI=1S/C14H20N2O2S/c1-4-12-14(18)16(10(3)13(17)15-12)9(2)8-11-6-5-7-19-11/h5-7,9-10,12H,4,8H2,1-3H3,(H,15,17). The average Bonchev–Trinajstić information content (AvgIpc) is 2.86. The Kier molecular flexibility index (Phi) is 4.24. The molecule has 0 spiro atoms. The molecule has 1 aromatic rings. The van der Waals surface area contributed by atoms with Gasteiger partial charge in [-0.05, 0) is 31.7 Å². The van der Waals surface area contributed by atoms with Crippen LogP contribution >= 0.6 is 11.3 Å². The van der Waals surface area contributed by atoms with Crippen LogP contribution in [0.5, 0.6) is 0 Å². The van der Waals surface area contributed by atoms with Crippen LogP contribution in [-0.4, -0.2) is 34.8 Å². The van der Waals surface area contributed by atoms with Gasteiger partial charge in [0.05, 0.1) is 0 Å². The zero-order valence-electron chi connectivity index (χ0n) is 11.6. The molecule has 1 saturated heterocycles. The second-order valence-electron chi connectivity index (χ2n) is 5.02. The monoisotopic (exact) mass is 280 g/mol. The van der Waals surface area contributed by atoms with E-state index in [1.165, 1.54) is 4.88 Å². The van der Waals surface area contributed by atoms with Gasteiger partial charge in [-0.1, -0.05) is 13.0 Å². The van der Waals surface area contributed by atoms with E-state index in [0.717, 1.165) is 6.42 Å². The zero-order chi connectivity index (χ0) is 14.0. The van der Waals surface area contributed by atoms with Gasteiger partial charge in [-0.3, -0.25) is 9.59 Å². The van der Waals surface area contributed by atoms with Crippen LogP contribution < -0.4 is 5.32 Å². The highest BCUT2D eigenvalue weighted by Gasteiger charge is 2.39. The van der Waals surface area contributed by atoms with Gasteiger partial charge in [0.15, 0.2) is 0 Å². The maximum atomic E-state index is 12.4. The van der Waals surface area contributed by atoms with Crippen molar-refractivity contribution in [1.82, 2.24) is 10.2 Å². The number of rotatable bonds is 4. The predicted octanol–water partition coefficient (Wildman–Crippen LogP) is 1.80. The second-order valence-corrected chi connectivity index (χ2v) is 6.06. The van der Waals surface area contributed by atoms with E-state index in [4.69, 9.17) is 0 Å². The summed E-state index contributed by atoms with van der Waals surface area (Å²) in [7, 11) is 0. The molecule has 0 bridgehead atoms. The van der Waals surface area contributed by atoms with Gasteiger partial charge in [0.2, 0.25) is 11.8 Å². The highest BCUT2D eigenvalue weighted by molar-refractivity contribution is 7.09. The fraction of sp³-hybridized carbons (Fsp3) is 0.571. The molecule has 3 unspecified atom stereocenters. The van der Waals surface area contributed by atoms with Crippen LogP contribution in [0.2, 0.25) is 0 Å². The average molecular weight is 280 g/mol. The van der Waals surface area contributed by atoms with Gasteiger partial charge in [0.25, 0.3) is 0 Å². The third-order valence-electron chi connectivity index (χ3n) is 3.63. The second kappa shape index (κ2) is 5.74. The smallest absolute Gasteiger partial charge is 0.246 e. The molecule has 0 radical (unpaired) electrons. The Balaban J connectivity index is 2.14. The first kappa shape index (κ1) is 14.1. The predicted molar refractivity (Wildman–Crippen MR) is 76.0 cm³/mol. The number of thiophene rings is 1. The number of hydrogen-bond donors (Lipinski definition) is 1. The normalized spacial score (nSPS) is 25.3. The van der Waals surface area contributed by atoms with Gasteiger partial charge in [-0.2, -0.15) is 0 Å². The van der Waals surface area contributed by atoms with E-state index in [-0.39, 0.29) is 29.9 Å². The summed E-state index contributed by atoms with van der Waals surface area (Å²) in [6, 6.07) is 3.37. The fourth-order valence-corrected chi connectivity index (χ4v) is 3.37. The summed E-state index contributed by atoms with van der Waals surface area (Å²) in [4.78, 5) is 27.3. The Morgan fingerprint density at radius 1 is 1.47 bits per heavy atom. The minimum absolute atomic E-state index is 0.0404. The van der Waals surface area contributed by atoms with Crippen molar-refractivity contribution in [2.45, 2.75) is 51.7 Å². The maximum absolute atomic E-state index is 12.4. The molecule has 1 aliphatic rings. The summed E-state index contributed by atoms with van der Waals surface area (Å²) < 4.78 is 0. The summed E-state index contributed by atoms with van der Waals surface area (Å²) >= 11 is 1.69. The summed E-state index contributed by atoms with van der Waals surface area (Å²) in [5.41, 5.74) is 0. The Morgan fingerprint density at radius 2 is 2.21 bits per heavy atom. The largest absolute Gasteiger partial charge is 0.343 e. The van der Waals surface area contributed by atoms with Crippen LogP contribution in [0.4, 0.5) is 0 Å². The lowest BCUT2D eigenvalue weighted by molar-refractivity contribution is -0.151. The summed E-state index contributed by atoms with van der Waals surface area (Å²) in [5.74, 6) is -0.0110. The number of piperazine rings is 1. The molecule has 104 valence electrons. The zero-order valence-corrected chi connectivity index (χ0v) is 12.4. The van der Waals surface area contributed by atoms with Crippen LogP contribution in [0.1, 0.15) is 32.1 Å². The topological polar surface area (TPSA) is 49.4 Å². The van der Waals surface area contributed by atoms with Crippen molar-refractivity contribution in [2.75, 3.05) is 0 Å². The van der Waals surface area contributed by atoms with Crippen LogP contribution in [-0.2, 0) is 16.0 Å². The molecule has 1 N–H and O–H groups in total. The van der Waals surface area contributed by atoms with Gasteiger partial charge in [0, 0.05) is 17.3 Å². The van der Waals surface area contributed by atoms with Crippen molar-refractivity contribution in [3.05, 3.63) is 22.4 Å². The first-order valence-corrected chi connectivity index (χ1v) is 7.57. The highest BCUT2D eigenvalue weighted by Crippen LogP contribution is 2.20. The van der Waals surface area contributed by atoms with Crippen LogP contribution in [0.25, 0.3) is 0 Å². The van der Waals surface area contributed by atoms with E-state index < -0.39 is 0 Å². The molecule has 2 rings (SSSR count). The molecule has 1 aliphatic heterocycles. The van der Waals surface area contributed by atoms with Crippen molar-refractivity contribution in [3.8, 4) is 0 Å². The van der Waals surface area contributed by atoms with Crippen LogP contribution in [0.3, 0.4) is 0 Å². The molecular formula is C14H20N2O2S. The maximum Gasteiger partial charge on any atom is 0.246 e. The SMILES string of the molecule is CCC1NC(=O)C(C)N(C(C)Cc2cccs2)C1=O. The molecule has 0 saturated carbocycles. The minimum Gasteiger partial charge on any atom is -0.343 e. The Labute approximate surface area is 117 Å². The van der Waals surface area contributed by atoms with Gasteiger partial charge < -0.3 is 10.2 Å². The van der Waals surface area contributed by atoms with Crippen molar-refractivity contribution in [3.63, 3.8) is 0 Å². The van der Waals surface area contributed by atoms with Crippen LogP contribution in [0, 0.1) is 0 Å². The summed E-state index contributed by atoms with van der Waals surface area (Å²) in [6.45, 7) is 5.73. The van der Waals surface area contributed by atoms with E-state index in [2.05, 4.69) is 11.4 Å². The summed E-state index contributed by atoms with van der Waals surface area (Å²) in [5, 5.41) is 4.81. The molecule has 3 atom stereocenters. The Morgan fingerprint density at radius 3 is 2.79 bits per heavy atom. The molecule has 5 heteroatoms. The minimum atomic E-state index is -0.384. The molecule has 0 aromatic carbocycles. The molecule has 1 aromatic heterocycles. The highest BCUT2D eigenvalue weighted by atomic mass is 32.1. The number of carbonyl (C=O) groups excluding carboxylic acids is 2. The van der Waals surface area contributed by atoms with Gasteiger partial charge >= 0.3 is 0 Å². The van der Waals surface area contributed by atoms with Crippen molar-refractivity contribution >= 4 is 23.2 Å². The Hall–Kier alpha value is -1.36. The van der Waals surface area contributed by atoms with Gasteiger partial charge in [-0.25, -0.2) is 0 Å². The lowest BCUT2D eigenvalue weighted by Gasteiger charge is -2.40.